The maximum absolute atomic E-state index is 13.6. The van der Waals surface area contributed by atoms with Crippen molar-refractivity contribution >= 4 is 17.7 Å². The van der Waals surface area contributed by atoms with Crippen molar-refractivity contribution in [2.45, 2.75) is 31.8 Å². The Kier molecular flexibility index (Phi) is 6.46. The van der Waals surface area contributed by atoms with Gasteiger partial charge in [0.25, 0.3) is 0 Å². The van der Waals surface area contributed by atoms with Gasteiger partial charge in [-0.3, -0.25) is 9.48 Å². The summed E-state index contributed by atoms with van der Waals surface area (Å²) in [6.45, 7) is 4.89. The Labute approximate surface area is 167 Å². The number of thioether (sulfide) groups is 1. The van der Waals surface area contributed by atoms with Gasteiger partial charge in [0.2, 0.25) is 5.91 Å². The molecule has 28 heavy (non-hydrogen) atoms. The summed E-state index contributed by atoms with van der Waals surface area (Å²) in [6, 6.07) is 13.2. The molecule has 2 aromatic carbocycles. The summed E-state index contributed by atoms with van der Waals surface area (Å²) in [5, 5.41) is 7.40. The van der Waals surface area contributed by atoms with Crippen molar-refractivity contribution in [3.8, 4) is 0 Å². The van der Waals surface area contributed by atoms with E-state index in [4.69, 9.17) is 0 Å². The standard InChI is InChI=1S/C21H21F2N3OS/c1-14-18(15(2)26(25-14)12-16-6-4-3-5-7-16)11-24-21(27)13-28-20-10-17(22)8-9-19(20)23/h3-10H,11-13H2,1-2H3,(H,24,27). The molecule has 0 spiro atoms. The molecular formula is C21H21F2N3OS. The van der Waals surface area contributed by atoms with E-state index in [9.17, 15) is 13.6 Å². The first-order valence-corrected chi connectivity index (χ1v) is 9.84. The molecule has 0 atom stereocenters. The van der Waals surface area contributed by atoms with Crippen LogP contribution in [0.4, 0.5) is 8.78 Å². The Bertz CT molecular complexity index is 973. The molecule has 7 heteroatoms. The molecule has 0 aliphatic heterocycles. The van der Waals surface area contributed by atoms with E-state index in [0.29, 0.717) is 13.1 Å². The second kappa shape index (κ2) is 9.01. The van der Waals surface area contributed by atoms with Gasteiger partial charge in [0.1, 0.15) is 11.6 Å². The van der Waals surface area contributed by atoms with Crippen LogP contribution in [0.1, 0.15) is 22.5 Å². The van der Waals surface area contributed by atoms with E-state index in [2.05, 4.69) is 10.4 Å². The molecule has 0 bridgehead atoms. The van der Waals surface area contributed by atoms with Crippen LogP contribution in [0.25, 0.3) is 0 Å². The van der Waals surface area contributed by atoms with Crippen LogP contribution in [0.3, 0.4) is 0 Å². The number of benzene rings is 2. The van der Waals surface area contributed by atoms with Crippen molar-refractivity contribution in [2.75, 3.05) is 5.75 Å². The van der Waals surface area contributed by atoms with Gasteiger partial charge in [-0.15, -0.1) is 11.8 Å². The number of aryl methyl sites for hydroxylation is 1. The number of carbonyl (C=O) groups excluding carboxylic acids is 1. The quantitative estimate of drug-likeness (QED) is 0.603. The van der Waals surface area contributed by atoms with E-state index in [1.54, 1.807) is 0 Å². The van der Waals surface area contributed by atoms with Gasteiger partial charge in [-0.1, -0.05) is 30.3 Å². The Morgan fingerprint density at radius 2 is 1.89 bits per heavy atom. The first-order chi connectivity index (χ1) is 13.4. The summed E-state index contributed by atoms with van der Waals surface area (Å²) in [4.78, 5) is 12.3. The maximum atomic E-state index is 13.6. The van der Waals surface area contributed by atoms with E-state index in [-0.39, 0.29) is 16.6 Å². The summed E-state index contributed by atoms with van der Waals surface area (Å²) in [5.74, 6) is -1.30. The Balaban J connectivity index is 1.58. The first kappa shape index (κ1) is 20.1. The van der Waals surface area contributed by atoms with Gasteiger partial charge in [0.05, 0.1) is 18.0 Å². The fourth-order valence-corrected chi connectivity index (χ4v) is 3.66. The van der Waals surface area contributed by atoms with Crippen LogP contribution in [0.15, 0.2) is 53.4 Å². The largest absolute Gasteiger partial charge is 0.351 e. The lowest BCUT2D eigenvalue weighted by Crippen LogP contribution is -2.25. The number of rotatable bonds is 7. The highest BCUT2D eigenvalue weighted by Crippen LogP contribution is 2.22. The summed E-state index contributed by atoms with van der Waals surface area (Å²) >= 11 is 0.972. The van der Waals surface area contributed by atoms with E-state index in [1.165, 1.54) is 0 Å². The minimum absolute atomic E-state index is 0.0105. The second-order valence-electron chi connectivity index (χ2n) is 6.43. The van der Waals surface area contributed by atoms with Crippen LogP contribution in [-0.2, 0) is 17.9 Å². The average molecular weight is 401 g/mol. The third-order valence-corrected chi connectivity index (χ3v) is 5.45. The molecule has 146 valence electrons. The van der Waals surface area contributed by atoms with E-state index < -0.39 is 11.6 Å². The normalized spacial score (nSPS) is 10.9. The molecule has 3 aromatic rings. The lowest BCUT2D eigenvalue weighted by molar-refractivity contribution is -0.118. The third-order valence-electron chi connectivity index (χ3n) is 4.42. The van der Waals surface area contributed by atoms with Crippen molar-refractivity contribution in [3.63, 3.8) is 0 Å². The molecule has 0 radical (unpaired) electrons. The van der Waals surface area contributed by atoms with Crippen molar-refractivity contribution in [1.29, 1.82) is 0 Å². The van der Waals surface area contributed by atoms with Gasteiger partial charge >= 0.3 is 0 Å². The monoisotopic (exact) mass is 401 g/mol. The predicted molar refractivity (Wildman–Crippen MR) is 106 cm³/mol. The molecule has 0 aliphatic carbocycles. The van der Waals surface area contributed by atoms with E-state index in [1.807, 2.05) is 48.9 Å². The number of hydrogen-bond donors (Lipinski definition) is 1. The minimum Gasteiger partial charge on any atom is -0.351 e. The smallest absolute Gasteiger partial charge is 0.230 e. The Hall–Kier alpha value is -2.67. The number of amides is 1. The number of hydrogen-bond acceptors (Lipinski definition) is 3. The topological polar surface area (TPSA) is 46.9 Å². The Morgan fingerprint density at radius 1 is 1.14 bits per heavy atom. The van der Waals surface area contributed by atoms with Crippen LogP contribution in [0, 0.1) is 25.5 Å². The Morgan fingerprint density at radius 3 is 2.64 bits per heavy atom. The second-order valence-corrected chi connectivity index (χ2v) is 7.45. The lowest BCUT2D eigenvalue weighted by atomic mass is 10.2. The summed E-state index contributed by atoms with van der Waals surface area (Å²) in [7, 11) is 0. The number of carbonyl (C=O) groups is 1. The van der Waals surface area contributed by atoms with Crippen molar-refractivity contribution < 1.29 is 13.6 Å². The van der Waals surface area contributed by atoms with Crippen LogP contribution < -0.4 is 5.32 Å². The fourth-order valence-electron chi connectivity index (χ4n) is 2.87. The zero-order valence-electron chi connectivity index (χ0n) is 15.7. The van der Waals surface area contributed by atoms with Crippen LogP contribution >= 0.6 is 11.8 Å². The minimum atomic E-state index is -0.534. The molecule has 0 fully saturated rings. The number of nitrogens with zero attached hydrogens (tertiary/aromatic N) is 2. The fraction of sp³-hybridized carbons (Fsp3) is 0.238. The molecule has 1 heterocycles. The summed E-state index contributed by atoms with van der Waals surface area (Å²) in [6.07, 6.45) is 0. The summed E-state index contributed by atoms with van der Waals surface area (Å²) < 4.78 is 28.7. The lowest BCUT2D eigenvalue weighted by Gasteiger charge is -2.08. The maximum Gasteiger partial charge on any atom is 0.230 e. The highest BCUT2D eigenvalue weighted by molar-refractivity contribution is 8.00. The van der Waals surface area contributed by atoms with Crippen molar-refractivity contribution in [2.24, 2.45) is 0 Å². The van der Waals surface area contributed by atoms with Gasteiger partial charge in [-0.05, 0) is 37.6 Å². The van der Waals surface area contributed by atoms with Gasteiger partial charge < -0.3 is 5.32 Å². The number of nitrogens with one attached hydrogen (secondary N) is 1. The highest BCUT2D eigenvalue weighted by atomic mass is 32.2. The van der Waals surface area contributed by atoms with Crippen LogP contribution in [-0.4, -0.2) is 21.4 Å². The SMILES string of the molecule is Cc1nn(Cc2ccccc2)c(C)c1CNC(=O)CSc1cc(F)ccc1F. The van der Waals surface area contributed by atoms with Crippen molar-refractivity contribution in [1.82, 2.24) is 15.1 Å². The molecule has 0 unspecified atom stereocenters. The molecule has 3 rings (SSSR count). The molecule has 4 nitrogen and oxygen atoms in total. The third kappa shape index (κ3) is 4.98. The van der Waals surface area contributed by atoms with E-state index in [0.717, 1.165) is 52.5 Å². The zero-order chi connectivity index (χ0) is 20.1. The molecule has 1 aromatic heterocycles. The predicted octanol–water partition coefficient (Wildman–Crippen LogP) is 4.23. The number of halogens is 2. The van der Waals surface area contributed by atoms with Gasteiger partial charge in [0.15, 0.2) is 0 Å². The molecule has 1 amide bonds. The van der Waals surface area contributed by atoms with Gasteiger partial charge in [0, 0.05) is 22.7 Å². The molecule has 1 N–H and O–H groups in total. The molecule has 0 aliphatic rings. The number of aromatic nitrogens is 2. The molecular weight excluding hydrogens is 380 g/mol. The van der Waals surface area contributed by atoms with Crippen LogP contribution in [0.2, 0.25) is 0 Å². The highest BCUT2D eigenvalue weighted by Gasteiger charge is 2.14. The van der Waals surface area contributed by atoms with Crippen molar-refractivity contribution in [3.05, 3.63) is 82.7 Å². The van der Waals surface area contributed by atoms with Gasteiger partial charge in [-0.2, -0.15) is 5.10 Å². The van der Waals surface area contributed by atoms with Crippen LogP contribution in [0.5, 0.6) is 0 Å². The first-order valence-electron chi connectivity index (χ1n) is 8.85. The van der Waals surface area contributed by atoms with Gasteiger partial charge in [-0.25, -0.2) is 8.78 Å². The van der Waals surface area contributed by atoms with E-state index >= 15 is 0 Å². The summed E-state index contributed by atoms with van der Waals surface area (Å²) in [5.41, 5.74) is 3.96. The molecule has 0 saturated heterocycles. The average Bonchev–Trinajstić information content (AvgIpc) is 2.94. The zero-order valence-corrected chi connectivity index (χ0v) is 16.5. The molecule has 0 saturated carbocycles.